The van der Waals surface area contributed by atoms with Crippen LogP contribution in [-0.2, 0) is 10.3 Å². The molecule has 3 fully saturated rings. The number of ether oxygens (including phenoxy) is 1. The predicted molar refractivity (Wildman–Crippen MR) is 98.7 cm³/mol. The number of aromatic nitrogens is 1. The maximum absolute atomic E-state index is 11.6. The van der Waals surface area contributed by atoms with Gasteiger partial charge in [0.2, 0.25) is 0 Å². The zero-order valence-electron chi connectivity index (χ0n) is 14.8. The van der Waals surface area contributed by atoms with Gasteiger partial charge < -0.3 is 10.5 Å². The smallest absolute Gasteiger partial charge is 0.267 e. The van der Waals surface area contributed by atoms with Crippen molar-refractivity contribution >= 4 is 18.3 Å². The normalized spacial score (nSPS) is 32.5. The third-order valence-corrected chi connectivity index (χ3v) is 6.62. The van der Waals surface area contributed by atoms with Crippen molar-refractivity contribution in [1.82, 2.24) is 9.88 Å². The summed E-state index contributed by atoms with van der Waals surface area (Å²) >= 11 is 0. The second-order valence-electron chi connectivity index (χ2n) is 7.65. The highest BCUT2D eigenvalue weighted by Crippen LogP contribution is 2.52. The number of nitrogens with zero attached hydrogens (tertiary/aromatic N) is 2. The average molecular weight is 366 g/mol. The van der Waals surface area contributed by atoms with Gasteiger partial charge in [-0.05, 0) is 43.4 Å². The van der Waals surface area contributed by atoms with Gasteiger partial charge >= 0.3 is 0 Å². The Morgan fingerprint density at radius 3 is 2.40 bits per heavy atom. The Balaban J connectivity index is 0.00000182. The summed E-state index contributed by atoms with van der Waals surface area (Å²) in [7, 11) is 1.83. The maximum atomic E-state index is 11.6. The predicted octanol–water partition coefficient (Wildman–Crippen LogP) is 2.73. The molecule has 1 aromatic heterocycles. The van der Waals surface area contributed by atoms with Gasteiger partial charge in [-0.2, -0.15) is 0 Å². The largest absolute Gasteiger partial charge is 0.373 e. The molecule has 2 heterocycles. The molecule has 2 bridgehead atoms. The van der Waals surface area contributed by atoms with E-state index in [0.29, 0.717) is 17.5 Å². The summed E-state index contributed by atoms with van der Waals surface area (Å²) < 4.78 is 6.24. The quantitative estimate of drug-likeness (QED) is 0.890. The number of halogens is 1. The summed E-state index contributed by atoms with van der Waals surface area (Å²) in [5, 5.41) is 0. The van der Waals surface area contributed by atoms with Gasteiger partial charge in [-0.25, -0.2) is 0 Å². The molecular formula is C19H28ClN3O2. The molecule has 4 rings (SSSR count). The molecule has 1 amide bonds. The van der Waals surface area contributed by atoms with E-state index >= 15 is 0 Å². The van der Waals surface area contributed by atoms with Gasteiger partial charge in [-0.3, -0.25) is 14.7 Å². The van der Waals surface area contributed by atoms with Gasteiger partial charge in [0.15, 0.2) is 0 Å². The first-order valence-electron chi connectivity index (χ1n) is 9.20. The van der Waals surface area contributed by atoms with Crippen molar-refractivity contribution in [3.63, 3.8) is 0 Å². The summed E-state index contributed by atoms with van der Waals surface area (Å²) in [6, 6.07) is 4.65. The number of methoxy groups -OCH3 is 1. The minimum absolute atomic E-state index is 0. The van der Waals surface area contributed by atoms with Crippen LogP contribution >= 0.6 is 12.4 Å². The van der Waals surface area contributed by atoms with E-state index < -0.39 is 5.91 Å². The maximum Gasteiger partial charge on any atom is 0.267 e. The van der Waals surface area contributed by atoms with Crippen molar-refractivity contribution in [2.75, 3.05) is 20.2 Å². The zero-order valence-corrected chi connectivity index (χ0v) is 15.6. The topological polar surface area (TPSA) is 68.5 Å². The van der Waals surface area contributed by atoms with Crippen LogP contribution in [0.3, 0.4) is 0 Å². The zero-order chi connectivity index (χ0) is 16.7. The van der Waals surface area contributed by atoms with Gasteiger partial charge in [0.1, 0.15) is 11.3 Å². The molecule has 2 saturated carbocycles. The van der Waals surface area contributed by atoms with Crippen LogP contribution in [0.1, 0.15) is 54.6 Å². The number of carbonyl (C=O) groups is 1. The first kappa shape index (κ1) is 18.6. The fourth-order valence-corrected chi connectivity index (χ4v) is 5.25. The number of carbonyl (C=O) groups excluding carboxylic acids is 1. The van der Waals surface area contributed by atoms with Gasteiger partial charge in [0, 0.05) is 44.3 Å². The molecule has 0 radical (unpaired) electrons. The van der Waals surface area contributed by atoms with E-state index in [4.69, 9.17) is 10.5 Å². The lowest BCUT2D eigenvalue weighted by Crippen LogP contribution is -2.61. The molecule has 1 aromatic rings. The molecule has 1 unspecified atom stereocenters. The number of nitrogens with two attached hydrogens (primary N) is 1. The second kappa shape index (κ2) is 7.22. The van der Waals surface area contributed by atoms with E-state index in [1.54, 1.807) is 6.20 Å². The second-order valence-corrected chi connectivity index (χ2v) is 7.65. The van der Waals surface area contributed by atoms with E-state index in [1.165, 1.54) is 38.5 Å². The molecule has 0 aromatic carbocycles. The summed E-state index contributed by atoms with van der Waals surface area (Å²) in [5.41, 5.74) is 6.57. The van der Waals surface area contributed by atoms with Crippen LogP contribution in [-0.4, -0.2) is 42.0 Å². The van der Waals surface area contributed by atoms with Crippen molar-refractivity contribution in [1.29, 1.82) is 0 Å². The minimum atomic E-state index is -0.472. The monoisotopic (exact) mass is 365 g/mol. The van der Waals surface area contributed by atoms with Gasteiger partial charge in [0.05, 0.1) is 0 Å². The van der Waals surface area contributed by atoms with E-state index in [9.17, 15) is 4.79 Å². The fraction of sp³-hybridized carbons (Fsp3) is 0.684. The Morgan fingerprint density at radius 1 is 1.24 bits per heavy atom. The van der Waals surface area contributed by atoms with Crippen LogP contribution in [0.25, 0.3) is 0 Å². The third kappa shape index (κ3) is 2.96. The molecule has 5 nitrogen and oxygen atoms in total. The molecule has 1 aliphatic heterocycles. The number of hydrogen-bond donors (Lipinski definition) is 1. The Hall–Kier alpha value is -1.17. The summed E-state index contributed by atoms with van der Waals surface area (Å²) in [6.07, 6.45) is 9.40. The van der Waals surface area contributed by atoms with Crippen LogP contribution in [0, 0.1) is 11.8 Å². The average Bonchev–Trinajstić information content (AvgIpc) is 2.52. The first-order valence-corrected chi connectivity index (χ1v) is 9.20. The highest BCUT2D eigenvalue weighted by Gasteiger charge is 2.54. The van der Waals surface area contributed by atoms with Gasteiger partial charge in [0.25, 0.3) is 5.91 Å². The minimum Gasteiger partial charge on any atom is -0.373 e. The molecule has 2 aliphatic carbocycles. The molecular weight excluding hydrogens is 338 g/mol. The lowest BCUT2D eigenvalue weighted by atomic mass is 9.62. The van der Waals surface area contributed by atoms with Gasteiger partial charge in [-0.1, -0.05) is 12.8 Å². The molecule has 138 valence electrons. The highest BCUT2D eigenvalue weighted by atomic mass is 35.5. The molecule has 1 saturated heterocycles. The fourth-order valence-electron chi connectivity index (χ4n) is 5.25. The number of fused-ring (bicyclic) bond motifs is 2. The number of piperidine rings is 1. The number of hydrogen-bond acceptors (Lipinski definition) is 4. The lowest BCUT2D eigenvalue weighted by Gasteiger charge is -2.57. The van der Waals surface area contributed by atoms with E-state index in [1.807, 2.05) is 19.2 Å². The van der Waals surface area contributed by atoms with Crippen LogP contribution in [0.5, 0.6) is 0 Å². The molecule has 6 heteroatoms. The SMILES string of the molecule is COC1(c2ccnc(C(N)=O)c2)[C@@H]2CCC[C@H]1CN(C1CCC1)C2.Cl. The van der Waals surface area contributed by atoms with Crippen LogP contribution < -0.4 is 5.73 Å². The molecule has 3 atom stereocenters. The van der Waals surface area contributed by atoms with E-state index in [2.05, 4.69) is 9.88 Å². The van der Waals surface area contributed by atoms with Crippen molar-refractivity contribution in [2.24, 2.45) is 17.6 Å². The summed E-state index contributed by atoms with van der Waals surface area (Å²) in [4.78, 5) is 18.4. The van der Waals surface area contributed by atoms with Crippen LogP contribution in [0.15, 0.2) is 18.3 Å². The summed E-state index contributed by atoms with van der Waals surface area (Å²) in [5.74, 6) is 0.470. The van der Waals surface area contributed by atoms with Crippen molar-refractivity contribution in [3.8, 4) is 0 Å². The van der Waals surface area contributed by atoms with Gasteiger partial charge in [-0.15, -0.1) is 12.4 Å². The molecule has 2 N–H and O–H groups in total. The summed E-state index contributed by atoms with van der Waals surface area (Å²) in [6.45, 7) is 2.20. The number of amides is 1. The standard InChI is InChI=1S/C19H27N3O2.ClH/c1-24-19(13-8-9-21-17(10-13)18(20)23)14-4-2-5-15(19)12-22(11-14)16-6-3-7-16;/h8-10,14-16H,2-7,11-12H2,1H3,(H2,20,23);1H/t14-,15+,19?;. The molecule has 25 heavy (non-hydrogen) atoms. The van der Waals surface area contributed by atoms with Crippen LogP contribution in [0.4, 0.5) is 0 Å². The Morgan fingerprint density at radius 2 is 1.88 bits per heavy atom. The number of primary amides is 1. The first-order chi connectivity index (χ1) is 11.6. The number of rotatable bonds is 4. The molecule has 3 aliphatic rings. The van der Waals surface area contributed by atoms with Crippen molar-refractivity contribution in [2.45, 2.75) is 50.2 Å². The Bertz CT molecular complexity index is 621. The Labute approximate surface area is 155 Å². The van der Waals surface area contributed by atoms with E-state index in [0.717, 1.165) is 24.7 Å². The highest BCUT2D eigenvalue weighted by molar-refractivity contribution is 5.90. The number of pyridine rings is 1. The van der Waals surface area contributed by atoms with Crippen molar-refractivity contribution in [3.05, 3.63) is 29.6 Å². The molecule has 0 spiro atoms. The third-order valence-electron chi connectivity index (χ3n) is 6.62. The van der Waals surface area contributed by atoms with Crippen LogP contribution in [0.2, 0.25) is 0 Å². The number of likely N-dealkylation sites (tertiary alicyclic amines) is 1. The Kier molecular flexibility index (Phi) is 5.37. The van der Waals surface area contributed by atoms with Crippen molar-refractivity contribution < 1.29 is 9.53 Å². The lowest BCUT2D eigenvalue weighted by molar-refractivity contribution is -0.177. The van der Waals surface area contributed by atoms with E-state index in [-0.39, 0.29) is 18.0 Å².